The molecule has 0 saturated carbocycles. The third kappa shape index (κ3) is 4.93. The summed E-state index contributed by atoms with van der Waals surface area (Å²) < 4.78 is 14.1. The summed E-state index contributed by atoms with van der Waals surface area (Å²) >= 11 is 5.80. The average molecular weight is 368 g/mol. The first-order valence-corrected chi connectivity index (χ1v) is 8.79. The van der Waals surface area contributed by atoms with Crippen molar-refractivity contribution in [1.82, 2.24) is 4.90 Å². The van der Waals surface area contributed by atoms with Crippen LogP contribution in [0.15, 0.2) is 78.9 Å². The maximum Gasteiger partial charge on any atom is 0.227 e. The quantitative estimate of drug-likeness (QED) is 0.582. The summed E-state index contributed by atoms with van der Waals surface area (Å²) in [6.07, 6.45) is 0.00265. The Labute approximate surface area is 157 Å². The summed E-state index contributed by atoms with van der Waals surface area (Å²) in [5, 5.41) is 0.323. The van der Waals surface area contributed by atoms with Gasteiger partial charge in [-0.25, -0.2) is 4.39 Å². The zero-order valence-corrected chi connectivity index (χ0v) is 15.0. The van der Waals surface area contributed by atoms with Crippen LogP contribution in [0.5, 0.6) is 0 Å². The molecule has 0 aromatic heterocycles. The van der Waals surface area contributed by atoms with E-state index in [0.717, 1.165) is 11.1 Å². The number of hydrogen-bond donors (Lipinski definition) is 0. The van der Waals surface area contributed by atoms with Gasteiger partial charge in [-0.2, -0.15) is 0 Å². The third-order valence-electron chi connectivity index (χ3n) is 4.14. The smallest absolute Gasteiger partial charge is 0.227 e. The molecular formula is C22H19ClFNO. The molecule has 4 heteroatoms. The molecule has 0 unspecified atom stereocenters. The molecule has 0 radical (unpaired) electrons. The second-order valence-corrected chi connectivity index (χ2v) is 6.57. The number of halogens is 2. The number of carbonyl (C=O) groups excluding carboxylic acids is 1. The molecule has 3 aromatic rings. The molecule has 3 rings (SSSR count). The zero-order chi connectivity index (χ0) is 18.4. The van der Waals surface area contributed by atoms with Gasteiger partial charge in [0.1, 0.15) is 5.82 Å². The first-order chi connectivity index (χ1) is 12.6. The van der Waals surface area contributed by atoms with E-state index in [4.69, 9.17) is 11.6 Å². The molecule has 0 fully saturated rings. The van der Waals surface area contributed by atoms with E-state index in [1.165, 1.54) is 6.07 Å². The van der Waals surface area contributed by atoms with Crippen LogP contribution >= 0.6 is 11.6 Å². The second kappa shape index (κ2) is 8.63. The number of amides is 1. The minimum absolute atomic E-state index is 0.00265. The molecule has 0 bridgehead atoms. The van der Waals surface area contributed by atoms with Crippen LogP contribution in [-0.2, 0) is 24.3 Å². The van der Waals surface area contributed by atoms with Crippen LogP contribution in [0.4, 0.5) is 4.39 Å². The van der Waals surface area contributed by atoms with E-state index in [1.54, 1.807) is 17.0 Å². The molecule has 0 N–H and O–H groups in total. The van der Waals surface area contributed by atoms with Crippen molar-refractivity contribution in [2.75, 3.05) is 0 Å². The highest BCUT2D eigenvalue weighted by molar-refractivity contribution is 6.30. The number of carbonyl (C=O) groups is 1. The lowest BCUT2D eigenvalue weighted by molar-refractivity contribution is -0.131. The van der Waals surface area contributed by atoms with Gasteiger partial charge in [0.05, 0.1) is 6.42 Å². The molecule has 132 valence electrons. The van der Waals surface area contributed by atoms with Gasteiger partial charge in [-0.3, -0.25) is 4.79 Å². The van der Waals surface area contributed by atoms with E-state index >= 15 is 0 Å². The number of rotatable bonds is 6. The largest absolute Gasteiger partial charge is 0.334 e. The molecule has 0 spiro atoms. The molecule has 3 aromatic carbocycles. The van der Waals surface area contributed by atoms with Crippen LogP contribution in [0.25, 0.3) is 0 Å². The van der Waals surface area contributed by atoms with E-state index in [-0.39, 0.29) is 12.3 Å². The average Bonchev–Trinajstić information content (AvgIpc) is 2.65. The summed E-state index contributed by atoms with van der Waals surface area (Å²) in [6, 6.07) is 24.0. The van der Waals surface area contributed by atoms with Crippen molar-refractivity contribution >= 4 is 17.5 Å². The van der Waals surface area contributed by atoms with Crippen molar-refractivity contribution in [3.63, 3.8) is 0 Å². The van der Waals surface area contributed by atoms with Crippen LogP contribution in [0, 0.1) is 5.82 Å². The predicted molar refractivity (Wildman–Crippen MR) is 102 cm³/mol. The van der Waals surface area contributed by atoms with Crippen LogP contribution < -0.4 is 0 Å². The summed E-state index contributed by atoms with van der Waals surface area (Å²) in [5.74, 6) is -0.579. The molecule has 1 amide bonds. The van der Waals surface area contributed by atoms with E-state index in [9.17, 15) is 9.18 Å². The normalized spacial score (nSPS) is 10.5. The van der Waals surface area contributed by atoms with Gasteiger partial charge in [0.15, 0.2) is 0 Å². The Hall–Kier alpha value is -2.65. The van der Waals surface area contributed by atoms with Gasteiger partial charge in [-0.15, -0.1) is 0 Å². The molecule has 0 heterocycles. The van der Waals surface area contributed by atoms with Gasteiger partial charge >= 0.3 is 0 Å². The second-order valence-electron chi connectivity index (χ2n) is 6.13. The summed E-state index contributed by atoms with van der Waals surface area (Å²) in [7, 11) is 0. The zero-order valence-electron chi connectivity index (χ0n) is 14.2. The lowest BCUT2D eigenvalue weighted by Crippen LogP contribution is -2.31. The molecule has 2 nitrogen and oxygen atoms in total. The lowest BCUT2D eigenvalue weighted by atomic mass is 10.1. The van der Waals surface area contributed by atoms with Crippen molar-refractivity contribution in [2.45, 2.75) is 19.5 Å². The molecule has 26 heavy (non-hydrogen) atoms. The fourth-order valence-corrected chi connectivity index (χ4v) is 2.94. The minimum atomic E-state index is -0.453. The van der Waals surface area contributed by atoms with Gasteiger partial charge in [-0.1, -0.05) is 78.3 Å². The first kappa shape index (κ1) is 18.2. The predicted octanol–water partition coefficient (Wildman–Crippen LogP) is 5.25. The highest BCUT2D eigenvalue weighted by Crippen LogP contribution is 2.17. The Morgan fingerprint density at radius 2 is 1.38 bits per heavy atom. The van der Waals surface area contributed by atoms with Gasteiger partial charge < -0.3 is 4.90 Å². The number of nitrogens with zero attached hydrogens (tertiary/aromatic N) is 1. The van der Waals surface area contributed by atoms with E-state index in [1.807, 2.05) is 60.7 Å². The highest BCUT2D eigenvalue weighted by atomic mass is 35.5. The molecule has 0 atom stereocenters. The summed E-state index contributed by atoms with van der Waals surface area (Å²) in [4.78, 5) is 14.6. The fourth-order valence-electron chi connectivity index (χ4n) is 2.78. The van der Waals surface area contributed by atoms with Gasteiger partial charge in [0, 0.05) is 18.1 Å². The molecule has 0 aliphatic heterocycles. The molecule has 0 aliphatic rings. The van der Waals surface area contributed by atoms with Crippen molar-refractivity contribution in [2.24, 2.45) is 0 Å². The van der Waals surface area contributed by atoms with Crippen molar-refractivity contribution in [3.8, 4) is 0 Å². The minimum Gasteiger partial charge on any atom is -0.334 e. The Kier molecular flexibility index (Phi) is 6.03. The van der Waals surface area contributed by atoms with Gasteiger partial charge in [0.2, 0.25) is 5.91 Å². The maximum absolute atomic E-state index is 14.1. The first-order valence-electron chi connectivity index (χ1n) is 8.41. The Balaban J connectivity index is 1.80. The third-order valence-corrected chi connectivity index (χ3v) is 4.38. The van der Waals surface area contributed by atoms with Crippen LogP contribution in [0.3, 0.4) is 0 Å². The monoisotopic (exact) mass is 367 g/mol. The Bertz CT molecular complexity index is 826. The van der Waals surface area contributed by atoms with E-state index < -0.39 is 5.82 Å². The van der Waals surface area contributed by atoms with Gasteiger partial charge in [0.25, 0.3) is 0 Å². The molecule has 0 aliphatic carbocycles. The summed E-state index contributed by atoms with van der Waals surface area (Å²) in [6.45, 7) is 0.952. The highest BCUT2D eigenvalue weighted by Gasteiger charge is 2.17. The Morgan fingerprint density at radius 1 is 0.846 bits per heavy atom. The SMILES string of the molecule is O=C(Cc1ccc(Cl)cc1F)N(Cc1ccccc1)Cc1ccccc1. The van der Waals surface area contributed by atoms with Crippen LogP contribution in [0.2, 0.25) is 5.02 Å². The molecular weight excluding hydrogens is 349 g/mol. The molecule has 0 saturated heterocycles. The fraction of sp³-hybridized carbons (Fsp3) is 0.136. The van der Waals surface area contributed by atoms with E-state index in [0.29, 0.717) is 23.7 Å². The topological polar surface area (TPSA) is 20.3 Å². The standard InChI is InChI=1S/C22H19ClFNO/c23-20-12-11-19(21(24)14-20)13-22(26)25(15-17-7-3-1-4-8-17)16-18-9-5-2-6-10-18/h1-12,14H,13,15-16H2. The number of hydrogen-bond acceptors (Lipinski definition) is 1. The van der Waals surface area contributed by atoms with E-state index in [2.05, 4.69) is 0 Å². The number of benzene rings is 3. The van der Waals surface area contributed by atoms with Crippen molar-refractivity contribution < 1.29 is 9.18 Å². The summed E-state index contributed by atoms with van der Waals surface area (Å²) in [5.41, 5.74) is 2.42. The maximum atomic E-state index is 14.1. The van der Waals surface area contributed by atoms with Crippen molar-refractivity contribution in [1.29, 1.82) is 0 Å². The van der Waals surface area contributed by atoms with Gasteiger partial charge in [-0.05, 0) is 28.8 Å². The van der Waals surface area contributed by atoms with Crippen LogP contribution in [0.1, 0.15) is 16.7 Å². The van der Waals surface area contributed by atoms with Crippen molar-refractivity contribution in [3.05, 3.63) is 106 Å². The van der Waals surface area contributed by atoms with Crippen LogP contribution in [-0.4, -0.2) is 10.8 Å². The Morgan fingerprint density at radius 3 is 1.88 bits per heavy atom. The lowest BCUT2D eigenvalue weighted by Gasteiger charge is -2.23.